The number of aromatic nitrogens is 2. The van der Waals surface area contributed by atoms with Crippen LogP contribution in [0.5, 0.6) is 0 Å². The maximum Gasteiger partial charge on any atom is 0.229 e. The van der Waals surface area contributed by atoms with E-state index in [1.54, 1.807) is 0 Å². The van der Waals surface area contributed by atoms with Gasteiger partial charge in [-0.2, -0.15) is 0 Å². The molecule has 0 aliphatic carbocycles. The van der Waals surface area contributed by atoms with Gasteiger partial charge in [-0.3, -0.25) is 10.1 Å². The fourth-order valence-corrected chi connectivity index (χ4v) is 2.60. The minimum Gasteiger partial charge on any atom is -0.324 e. The van der Waals surface area contributed by atoms with Crippen molar-refractivity contribution in [3.05, 3.63) is 24.3 Å². The summed E-state index contributed by atoms with van der Waals surface area (Å²) in [4.78, 5) is 19.7. The number of para-hydroxylation sites is 2. The smallest absolute Gasteiger partial charge is 0.229 e. The Morgan fingerprint density at radius 2 is 2.26 bits per heavy atom. The molecule has 19 heavy (non-hydrogen) atoms. The van der Waals surface area contributed by atoms with E-state index in [1.165, 1.54) is 0 Å². The second kappa shape index (κ2) is 5.01. The highest BCUT2D eigenvalue weighted by atomic mass is 16.2. The molecule has 0 spiro atoms. The molecular weight excluding hydrogens is 240 g/mol. The molecule has 1 aromatic carbocycles. The lowest BCUT2D eigenvalue weighted by Gasteiger charge is -2.26. The number of rotatable bonds is 2. The average molecular weight is 258 g/mol. The standard InChI is InChI=1S/C14H18N4O/c1-9-8-10(6-7-15-9)13(19)18-14-16-11-4-2-3-5-12(11)17-14/h2-5,9-10,15H,6-8H2,1H3,(H2,16,17,18,19)/t9-,10-/m0/s1. The van der Waals surface area contributed by atoms with Crippen molar-refractivity contribution >= 4 is 22.9 Å². The molecule has 0 radical (unpaired) electrons. The Hall–Kier alpha value is -1.88. The minimum atomic E-state index is 0.0624. The third kappa shape index (κ3) is 2.61. The molecule has 0 saturated carbocycles. The van der Waals surface area contributed by atoms with E-state index < -0.39 is 0 Å². The molecule has 1 aliphatic heterocycles. The zero-order chi connectivity index (χ0) is 13.2. The van der Waals surface area contributed by atoms with Gasteiger partial charge in [-0.05, 0) is 38.4 Å². The summed E-state index contributed by atoms with van der Waals surface area (Å²) >= 11 is 0. The Morgan fingerprint density at radius 3 is 3.05 bits per heavy atom. The largest absolute Gasteiger partial charge is 0.324 e. The van der Waals surface area contributed by atoms with Gasteiger partial charge in [0.25, 0.3) is 0 Å². The van der Waals surface area contributed by atoms with Gasteiger partial charge in [0.15, 0.2) is 0 Å². The number of H-pyrrole nitrogens is 1. The molecule has 3 N–H and O–H groups in total. The zero-order valence-electron chi connectivity index (χ0n) is 10.9. The number of fused-ring (bicyclic) bond motifs is 1. The van der Waals surface area contributed by atoms with Crippen LogP contribution in [-0.2, 0) is 4.79 Å². The number of carbonyl (C=O) groups is 1. The van der Waals surface area contributed by atoms with Crippen LogP contribution in [-0.4, -0.2) is 28.5 Å². The first-order valence-corrected chi connectivity index (χ1v) is 6.71. The van der Waals surface area contributed by atoms with Gasteiger partial charge < -0.3 is 10.3 Å². The Balaban J connectivity index is 1.71. The average Bonchev–Trinajstić information content (AvgIpc) is 2.80. The van der Waals surface area contributed by atoms with Gasteiger partial charge >= 0.3 is 0 Å². The number of benzene rings is 1. The fourth-order valence-electron chi connectivity index (χ4n) is 2.60. The number of amides is 1. The Kier molecular flexibility index (Phi) is 3.21. The monoisotopic (exact) mass is 258 g/mol. The molecule has 3 rings (SSSR count). The van der Waals surface area contributed by atoms with Gasteiger partial charge in [0.2, 0.25) is 11.9 Å². The predicted molar refractivity (Wildman–Crippen MR) is 74.9 cm³/mol. The van der Waals surface area contributed by atoms with Gasteiger partial charge in [-0.1, -0.05) is 12.1 Å². The molecule has 0 bridgehead atoms. The van der Waals surface area contributed by atoms with Gasteiger partial charge in [-0.25, -0.2) is 4.98 Å². The number of imidazole rings is 1. The van der Waals surface area contributed by atoms with Crippen molar-refractivity contribution in [2.75, 3.05) is 11.9 Å². The lowest BCUT2D eigenvalue weighted by Crippen LogP contribution is -2.40. The topological polar surface area (TPSA) is 69.8 Å². The normalized spacial score (nSPS) is 23.4. The van der Waals surface area contributed by atoms with Crippen molar-refractivity contribution < 1.29 is 4.79 Å². The quantitative estimate of drug-likeness (QED) is 0.770. The van der Waals surface area contributed by atoms with Crippen LogP contribution in [0.1, 0.15) is 19.8 Å². The molecule has 5 nitrogen and oxygen atoms in total. The number of nitrogens with one attached hydrogen (secondary N) is 3. The van der Waals surface area contributed by atoms with E-state index >= 15 is 0 Å². The first-order valence-electron chi connectivity index (χ1n) is 6.71. The molecular formula is C14H18N4O. The lowest BCUT2D eigenvalue weighted by atomic mass is 9.92. The number of anilines is 1. The van der Waals surface area contributed by atoms with Crippen molar-refractivity contribution in [2.24, 2.45) is 5.92 Å². The van der Waals surface area contributed by atoms with Crippen molar-refractivity contribution in [3.63, 3.8) is 0 Å². The van der Waals surface area contributed by atoms with E-state index in [0.717, 1.165) is 30.4 Å². The molecule has 100 valence electrons. The molecule has 5 heteroatoms. The van der Waals surface area contributed by atoms with Crippen LogP contribution < -0.4 is 10.6 Å². The Labute approximate surface area is 111 Å². The highest BCUT2D eigenvalue weighted by Gasteiger charge is 2.25. The summed E-state index contributed by atoms with van der Waals surface area (Å²) in [6.45, 7) is 3.01. The maximum atomic E-state index is 12.2. The zero-order valence-corrected chi connectivity index (χ0v) is 10.9. The number of aromatic amines is 1. The predicted octanol–water partition coefficient (Wildman–Crippen LogP) is 1.89. The van der Waals surface area contributed by atoms with Crippen LogP contribution in [0.25, 0.3) is 11.0 Å². The molecule has 1 aromatic heterocycles. The number of hydrogen-bond donors (Lipinski definition) is 3. The highest BCUT2D eigenvalue weighted by molar-refractivity contribution is 5.92. The molecule has 1 amide bonds. The lowest BCUT2D eigenvalue weighted by molar-refractivity contribution is -0.120. The first kappa shape index (κ1) is 12.2. The molecule has 1 fully saturated rings. The summed E-state index contributed by atoms with van der Waals surface area (Å²) in [5.74, 6) is 0.675. The number of hydrogen-bond acceptors (Lipinski definition) is 3. The van der Waals surface area contributed by atoms with Gasteiger partial charge in [-0.15, -0.1) is 0 Å². The maximum absolute atomic E-state index is 12.2. The minimum absolute atomic E-state index is 0.0624. The molecule has 2 aromatic rings. The van der Waals surface area contributed by atoms with Gasteiger partial charge in [0.05, 0.1) is 11.0 Å². The second-order valence-corrected chi connectivity index (χ2v) is 5.17. The van der Waals surface area contributed by atoms with Crippen molar-refractivity contribution in [2.45, 2.75) is 25.8 Å². The summed E-state index contributed by atoms with van der Waals surface area (Å²) in [6, 6.07) is 8.16. The second-order valence-electron chi connectivity index (χ2n) is 5.17. The molecule has 1 aliphatic rings. The van der Waals surface area contributed by atoms with E-state index in [4.69, 9.17) is 0 Å². The Morgan fingerprint density at radius 1 is 1.42 bits per heavy atom. The van der Waals surface area contributed by atoms with E-state index in [1.807, 2.05) is 24.3 Å². The summed E-state index contributed by atoms with van der Waals surface area (Å²) in [7, 11) is 0. The third-order valence-electron chi connectivity index (χ3n) is 3.63. The van der Waals surface area contributed by atoms with Crippen LogP contribution in [0.2, 0.25) is 0 Å². The van der Waals surface area contributed by atoms with E-state index in [-0.39, 0.29) is 11.8 Å². The molecule has 2 atom stereocenters. The van der Waals surface area contributed by atoms with Crippen LogP contribution in [0.3, 0.4) is 0 Å². The summed E-state index contributed by atoms with van der Waals surface area (Å²) in [5, 5.41) is 6.24. The Bertz CT molecular complexity index is 559. The number of carbonyl (C=O) groups excluding carboxylic acids is 1. The SMILES string of the molecule is C[C@H]1C[C@@H](C(=O)Nc2nc3ccccc3[nH]2)CCN1. The van der Waals surface area contributed by atoms with Crippen LogP contribution in [0.15, 0.2) is 24.3 Å². The van der Waals surface area contributed by atoms with Crippen LogP contribution >= 0.6 is 0 Å². The summed E-state index contributed by atoms with van der Waals surface area (Å²) < 4.78 is 0. The fraction of sp³-hybridized carbons (Fsp3) is 0.429. The van der Waals surface area contributed by atoms with Crippen molar-refractivity contribution in [1.82, 2.24) is 15.3 Å². The molecule has 0 unspecified atom stereocenters. The van der Waals surface area contributed by atoms with E-state index in [2.05, 4.69) is 27.5 Å². The van der Waals surface area contributed by atoms with Crippen molar-refractivity contribution in [1.29, 1.82) is 0 Å². The van der Waals surface area contributed by atoms with Gasteiger partial charge in [0.1, 0.15) is 0 Å². The van der Waals surface area contributed by atoms with Crippen molar-refractivity contribution in [3.8, 4) is 0 Å². The molecule has 2 heterocycles. The highest BCUT2D eigenvalue weighted by Crippen LogP contribution is 2.19. The van der Waals surface area contributed by atoms with E-state index in [9.17, 15) is 4.79 Å². The third-order valence-corrected chi connectivity index (χ3v) is 3.63. The molecule has 1 saturated heterocycles. The summed E-state index contributed by atoms with van der Waals surface area (Å²) in [5.41, 5.74) is 1.81. The number of nitrogens with zero attached hydrogens (tertiary/aromatic N) is 1. The van der Waals surface area contributed by atoms with Gasteiger partial charge in [0, 0.05) is 12.0 Å². The van der Waals surface area contributed by atoms with Crippen LogP contribution in [0, 0.1) is 5.92 Å². The van der Waals surface area contributed by atoms with E-state index in [0.29, 0.717) is 12.0 Å². The number of piperidine rings is 1. The first-order chi connectivity index (χ1) is 9.22. The summed E-state index contributed by atoms with van der Waals surface area (Å²) in [6.07, 6.45) is 1.77. The van der Waals surface area contributed by atoms with Crippen LogP contribution in [0.4, 0.5) is 5.95 Å².